The summed E-state index contributed by atoms with van der Waals surface area (Å²) in [4.78, 5) is 0. The monoisotopic (exact) mass is 208 g/mol. The van der Waals surface area contributed by atoms with E-state index in [0.29, 0.717) is 0 Å². The zero-order valence-electron chi connectivity index (χ0n) is 8.63. The highest BCUT2D eigenvalue weighted by Gasteiger charge is 2.09. The van der Waals surface area contributed by atoms with Crippen LogP contribution in [0, 0.1) is 0 Å². The van der Waals surface area contributed by atoms with Crippen LogP contribution in [0.15, 0.2) is 6.07 Å². The summed E-state index contributed by atoms with van der Waals surface area (Å²) < 4.78 is 0. The molecule has 0 aliphatic heterocycles. The second-order valence-corrected chi connectivity index (χ2v) is 3.50. The first-order valence-electron chi connectivity index (χ1n) is 4.80. The highest BCUT2D eigenvalue weighted by molar-refractivity contribution is 7.79. The molecule has 0 spiro atoms. The number of benzene rings is 1. The van der Waals surface area contributed by atoms with E-state index in [4.69, 9.17) is 23.7 Å². The Morgan fingerprint density at radius 2 is 1.57 bits per heavy atom. The van der Waals surface area contributed by atoms with Gasteiger partial charge in [-0.05, 0) is 24.0 Å². The van der Waals surface area contributed by atoms with Gasteiger partial charge in [0, 0.05) is 22.3 Å². The van der Waals surface area contributed by atoms with Gasteiger partial charge in [-0.15, -0.1) is 0 Å². The highest BCUT2D eigenvalue weighted by Crippen LogP contribution is 2.27. The zero-order chi connectivity index (χ0) is 10.7. The van der Waals surface area contributed by atoms with Crippen molar-refractivity contribution in [3.63, 3.8) is 0 Å². The Kier molecular flexibility index (Phi) is 3.47. The SMILES string of the molecule is CCc1cc(CC)c(N)c(C=S)c1N. The van der Waals surface area contributed by atoms with Crippen molar-refractivity contribution in [2.75, 3.05) is 11.5 Å². The van der Waals surface area contributed by atoms with Gasteiger partial charge in [0.25, 0.3) is 0 Å². The van der Waals surface area contributed by atoms with Crippen molar-refractivity contribution in [2.45, 2.75) is 26.7 Å². The standard InChI is InChI=1S/C11H16N2S/c1-3-7-5-8(4-2)11(13)9(6-14)10(7)12/h5-6H,3-4,12-13H2,1-2H3. The van der Waals surface area contributed by atoms with E-state index in [1.54, 1.807) is 5.37 Å². The third kappa shape index (κ3) is 1.73. The third-order valence-electron chi connectivity index (χ3n) is 2.50. The second-order valence-electron chi connectivity index (χ2n) is 3.26. The molecule has 14 heavy (non-hydrogen) atoms. The molecule has 0 atom stereocenters. The first-order chi connectivity index (χ1) is 6.65. The largest absolute Gasteiger partial charge is 0.398 e. The first-order valence-corrected chi connectivity index (χ1v) is 5.27. The van der Waals surface area contributed by atoms with E-state index in [1.807, 2.05) is 0 Å². The van der Waals surface area contributed by atoms with Crippen LogP contribution in [0.25, 0.3) is 0 Å². The normalized spacial score (nSPS) is 10.1. The molecule has 0 unspecified atom stereocenters. The Bertz CT molecular complexity index is 331. The van der Waals surface area contributed by atoms with Crippen LogP contribution in [0.5, 0.6) is 0 Å². The van der Waals surface area contributed by atoms with E-state index in [9.17, 15) is 0 Å². The number of hydrogen-bond acceptors (Lipinski definition) is 3. The minimum atomic E-state index is 0.734. The van der Waals surface area contributed by atoms with E-state index in [1.165, 1.54) is 0 Å². The minimum Gasteiger partial charge on any atom is -0.398 e. The van der Waals surface area contributed by atoms with E-state index >= 15 is 0 Å². The van der Waals surface area contributed by atoms with Crippen LogP contribution in [0.3, 0.4) is 0 Å². The molecule has 76 valence electrons. The summed E-state index contributed by atoms with van der Waals surface area (Å²) in [5.74, 6) is 0. The summed E-state index contributed by atoms with van der Waals surface area (Å²) >= 11 is 4.92. The zero-order valence-corrected chi connectivity index (χ0v) is 9.45. The predicted octanol–water partition coefficient (Wildman–Crippen LogP) is 2.32. The predicted molar refractivity (Wildman–Crippen MR) is 66.8 cm³/mol. The Balaban J connectivity index is 3.46. The minimum absolute atomic E-state index is 0.734. The van der Waals surface area contributed by atoms with Crippen molar-refractivity contribution in [2.24, 2.45) is 0 Å². The molecule has 0 radical (unpaired) electrons. The molecule has 0 saturated heterocycles. The average molecular weight is 208 g/mol. The van der Waals surface area contributed by atoms with Crippen molar-refractivity contribution < 1.29 is 0 Å². The van der Waals surface area contributed by atoms with Crippen molar-refractivity contribution in [1.82, 2.24) is 0 Å². The highest BCUT2D eigenvalue weighted by atomic mass is 32.1. The number of hydrogen-bond donors (Lipinski definition) is 2. The van der Waals surface area contributed by atoms with Gasteiger partial charge in [0.15, 0.2) is 0 Å². The molecule has 0 saturated carbocycles. The molecule has 3 heteroatoms. The quantitative estimate of drug-likeness (QED) is 0.592. The van der Waals surface area contributed by atoms with Crippen molar-refractivity contribution in [1.29, 1.82) is 0 Å². The molecule has 1 aromatic carbocycles. The van der Waals surface area contributed by atoms with Crippen LogP contribution in [0.1, 0.15) is 30.5 Å². The fourth-order valence-corrected chi connectivity index (χ4v) is 1.82. The molecule has 0 bridgehead atoms. The molecule has 0 fully saturated rings. The number of nitrogen functional groups attached to an aromatic ring is 2. The molecular formula is C11H16N2S. The van der Waals surface area contributed by atoms with Crippen molar-refractivity contribution in [3.8, 4) is 0 Å². The first kappa shape index (κ1) is 11.0. The van der Waals surface area contributed by atoms with Crippen LogP contribution in [-0.2, 0) is 12.8 Å². The lowest BCUT2D eigenvalue weighted by molar-refractivity contribution is 1.09. The lowest BCUT2D eigenvalue weighted by atomic mass is 9.98. The fraction of sp³-hybridized carbons (Fsp3) is 0.364. The number of nitrogens with two attached hydrogens (primary N) is 2. The maximum atomic E-state index is 5.95. The molecule has 0 aromatic heterocycles. The molecule has 4 N–H and O–H groups in total. The van der Waals surface area contributed by atoms with E-state index < -0.39 is 0 Å². The van der Waals surface area contributed by atoms with Crippen LogP contribution in [0.4, 0.5) is 11.4 Å². The molecule has 1 aromatic rings. The summed E-state index contributed by atoms with van der Waals surface area (Å²) in [5.41, 5.74) is 16.4. The van der Waals surface area contributed by atoms with Crippen LogP contribution in [0.2, 0.25) is 0 Å². The fourth-order valence-electron chi connectivity index (χ4n) is 1.57. The Morgan fingerprint density at radius 3 is 1.86 bits per heavy atom. The average Bonchev–Trinajstić information content (AvgIpc) is 2.19. The maximum Gasteiger partial charge on any atom is 0.0449 e. The third-order valence-corrected chi connectivity index (χ3v) is 2.74. The lowest BCUT2D eigenvalue weighted by Gasteiger charge is -2.13. The molecule has 0 heterocycles. The molecule has 0 aliphatic rings. The van der Waals surface area contributed by atoms with Gasteiger partial charge < -0.3 is 11.5 Å². The van der Waals surface area contributed by atoms with Crippen LogP contribution in [-0.4, -0.2) is 5.37 Å². The van der Waals surface area contributed by atoms with Gasteiger partial charge >= 0.3 is 0 Å². The number of thiocarbonyl (C=S) groups is 1. The van der Waals surface area contributed by atoms with Gasteiger partial charge in [-0.1, -0.05) is 32.1 Å². The molecule has 0 aliphatic carbocycles. The molecule has 2 nitrogen and oxygen atoms in total. The smallest absolute Gasteiger partial charge is 0.0449 e. The van der Waals surface area contributed by atoms with Gasteiger partial charge in [-0.25, -0.2) is 0 Å². The van der Waals surface area contributed by atoms with Gasteiger partial charge in [-0.2, -0.15) is 0 Å². The van der Waals surface area contributed by atoms with Crippen molar-refractivity contribution >= 4 is 29.0 Å². The van der Waals surface area contributed by atoms with E-state index in [-0.39, 0.29) is 0 Å². The van der Waals surface area contributed by atoms with Gasteiger partial charge in [0.05, 0.1) is 0 Å². The van der Waals surface area contributed by atoms with Gasteiger partial charge in [0.1, 0.15) is 0 Å². The topological polar surface area (TPSA) is 52.0 Å². The number of aryl methyl sites for hydroxylation is 2. The van der Waals surface area contributed by atoms with Gasteiger partial charge in [0.2, 0.25) is 0 Å². The summed E-state index contributed by atoms with van der Waals surface area (Å²) in [6, 6.07) is 2.08. The molecule has 1 rings (SSSR count). The summed E-state index contributed by atoms with van der Waals surface area (Å²) in [5, 5.41) is 1.57. The molecular weight excluding hydrogens is 192 g/mol. The molecule has 0 amide bonds. The number of rotatable bonds is 3. The number of anilines is 2. The van der Waals surface area contributed by atoms with Crippen LogP contribution >= 0.6 is 12.2 Å². The van der Waals surface area contributed by atoms with E-state index in [0.717, 1.165) is 40.9 Å². The lowest BCUT2D eigenvalue weighted by Crippen LogP contribution is -2.06. The van der Waals surface area contributed by atoms with Crippen LogP contribution < -0.4 is 11.5 Å². The van der Waals surface area contributed by atoms with Gasteiger partial charge in [-0.3, -0.25) is 0 Å². The Morgan fingerprint density at radius 1 is 1.14 bits per heavy atom. The summed E-state index contributed by atoms with van der Waals surface area (Å²) in [7, 11) is 0. The second kappa shape index (κ2) is 4.42. The van der Waals surface area contributed by atoms with Crippen molar-refractivity contribution in [3.05, 3.63) is 22.8 Å². The Labute approximate surface area is 90.3 Å². The van der Waals surface area contributed by atoms with E-state index in [2.05, 4.69) is 19.9 Å². The summed E-state index contributed by atoms with van der Waals surface area (Å²) in [6.45, 7) is 4.16. The maximum absolute atomic E-state index is 5.95. The Hall–Kier alpha value is -1.09. The summed E-state index contributed by atoms with van der Waals surface area (Å²) in [6.07, 6.45) is 1.82.